The van der Waals surface area contributed by atoms with Crippen LogP contribution < -0.4 is 10.6 Å². The SMILES string of the molecule is CCCCCCCOC(=O)Nc1c(C)cccc1NC(=O)O. The molecule has 0 radical (unpaired) electrons. The number of carboxylic acid groups (broad SMARTS) is 1. The number of para-hydroxylation sites is 1. The van der Waals surface area contributed by atoms with E-state index in [0.29, 0.717) is 18.0 Å². The minimum Gasteiger partial charge on any atom is -0.465 e. The van der Waals surface area contributed by atoms with Gasteiger partial charge in [-0.15, -0.1) is 0 Å². The molecule has 0 heterocycles. The van der Waals surface area contributed by atoms with Crippen LogP contribution in [0, 0.1) is 6.92 Å². The Morgan fingerprint density at radius 1 is 1.14 bits per heavy atom. The highest BCUT2D eigenvalue weighted by Gasteiger charge is 2.11. The summed E-state index contributed by atoms with van der Waals surface area (Å²) in [6.07, 6.45) is 3.63. The molecule has 0 aliphatic carbocycles. The Hall–Kier alpha value is -2.24. The molecule has 22 heavy (non-hydrogen) atoms. The highest BCUT2D eigenvalue weighted by molar-refractivity contribution is 5.95. The van der Waals surface area contributed by atoms with Crippen LogP contribution in [-0.2, 0) is 4.74 Å². The van der Waals surface area contributed by atoms with Gasteiger partial charge in [0.05, 0.1) is 18.0 Å². The van der Waals surface area contributed by atoms with E-state index < -0.39 is 12.2 Å². The summed E-state index contributed by atoms with van der Waals surface area (Å²) < 4.78 is 5.12. The summed E-state index contributed by atoms with van der Waals surface area (Å²) in [4.78, 5) is 22.5. The Bertz CT molecular complexity index is 503. The van der Waals surface area contributed by atoms with E-state index in [9.17, 15) is 9.59 Å². The summed E-state index contributed by atoms with van der Waals surface area (Å²) in [5.41, 5.74) is 1.50. The van der Waals surface area contributed by atoms with Crippen LogP contribution in [0.1, 0.15) is 44.6 Å². The standard InChI is InChI=1S/C16H24N2O4/c1-3-4-5-6-7-11-22-16(21)18-14-12(2)9-8-10-13(14)17-15(19)20/h8-10,17H,3-7,11H2,1-2H3,(H,18,21)(H,19,20). The van der Waals surface area contributed by atoms with Crippen LogP contribution in [0.25, 0.3) is 0 Å². The Labute approximate surface area is 130 Å². The van der Waals surface area contributed by atoms with Crippen LogP contribution >= 0.6 is 0 Å². The maximum atomic E-state index is 11.8. The van der Waals surface area contributed by atoms with Crippen LogP contribution in [-0.4, -0.2) is 23.9 Å². The van der Waals surface area contributed by atoms with E-state index in [4.69, 9.17) is 9.84 Å². The molecule has 0 bridgehead atoms. The minimum absolute atomic E-state index is 0.326. The second-order valence-corrected chi connectivity index (χ2v) is 5.10. The molecular formula is C16H24N2O4. The molecule has 3 N–H and O–H groups in total. The van der Waals surface area contributed by atoms with Crippen molar-refractivity contribution in [2.75, 3.05) is 17.2 Å². The Kier molecular flexibility index (Phi) is 7.81. The molecule has 1 rings (SSSR count). The maximum absolute atomic E-state index is 11.8. The fourth-order valence-electron chi connectivity index (χ4n) is 2.06. The summed E-state index contributed by atoms with van der Waals surface area (Å²) in [7, 11) is 0. The number of carbonyl (C=O) groups is 2. The second-order valence-electron chi connectivity index (χ2n) is 5.10. The molecule has 6 nitrogen and oxygen atoms in total. The Balaban J connectivity index is 2.48. The molecule has 6 heteroatoms. The summed E-state index contributed by atoms with van der Waals surface area (Å²) in [5, 5.41) is 13.7. The molecule has 0 saturated carbocycles. The van der Waals surface area contributed by atoms with E-state index in [1.54, 1.807) is 25.1 Å². The summed E-state index contributed by atoms with van der Waals surface area (Å²) in [6, 6.07) is 5.08. The molecule has 2 amide bonds. The normalized spacial score (nSPS) is 10.1. The van der Waals surface area contributed by atoms with Crippen LogP contribution in [0.5, 0.6) is 0 Å². The predicted octanol–water partition coefficient (Wildman–Crippen LogP) is 4.60. The first-order valence-corrected chi connectivity index (χ1v) is 7.58. The zero-order chi connectivity index (χ0) is 16.4. The summed E-state index contributed by atoms with van der Waals surface area (Å²) in [6.45, 7) is 4.30. The molecule has 0 aliphatic heterocycles. The number of ether oxygens (including phenoxy) is 1. The number of anilines is 2. The summed E-state index contributed by atoms with van der Waals surface area (Å²) >= 11 is 0. The fraction of sp³-hybridized carbons (Fsp3) is 0.500. The number of amides is 2. The van der Waals surface area contributed by atoms with Crippen LogP contribution in [0.15, 0.2) is 18.2 Å². The van der Waals surface area contributed by atoms with Gasteiger partial charge in [-0.1, -0.05) is 44.7 Å². The minimum atomic E-state index is -1.18. The van der Waals surface area contributed by atoms with Crippen molar-refractivity contribution < 1.29 is 19.4 Å². The molecule has 0 aliphatic rings. The Morgan fingerprint density at radius 2 is 1.86 bits per heavy atom. The molecule has 0 aromatic heterocycles. The molecule has 0 saturated heterocycles. The topological polar surface area (TPSA) is 87.7 Å². The first-order valence-electron chi connectivity index (χ1n) is 7.58. The third kappa shape index (κ3) is 6.47. The van der Waals surface area contributed by atoms with Crippen LogP contribution in [0.2, 0.25) is 0 Å². The van der Waals surface area contributed by atoms with E-state index in [0.717, 1.165) is 24.8 Å². The predicted molar refractivity (Wildman–Crippen MR) is 86.6 cm³/mol. The van der Waals surface area contributed by atoms with Gasteiger partial charge in [-0.05, 0) is 25.0 Å². The molecule has 0 atom stereocenters. The lowest BCUT2D eigenvalue weighted by atomic mass is 10.1. The molecule has 0 fully saturated rings. The van der Waals surface area contributed by atoms with E-state index in [1.807, 2.05) is 0 Å². The molecule has 122 valence electrons. The summed E-state index contributed by atoms with van der Waals surface area (Å²) in [5.74, 6) is 0. The maximum Gasteiger partial charge on any atom is 0.411 e. The number of benzene rings is 1. The van der Waals surface area contributed by atoms with Crippen molar-refractivity contribution in [3.05, 3.63) is 23.8 Å². The van der Waals surface area contributed by atoms with Crippen molar-refractivity contribution in [3.8, 4) is 0 Å². The van der Waals surface area contributed by atoms with Gasteiger partial charge in [0, 0.05) is 0 Å². The van der Waals surface area contributed by atoms with Crippen molar-refractivity contribution in [1.29, 1.82) is 0 Å². The van der Waals surface area contributed by atoms with Gasteiger partial charge in [0.15, 0.2) is 0 Å². The third-order valence-electron chi connectivity index (χ3n) is 3.22. The monoisotopic (exact) mass is 308 g/mol. The molecule has 1 aromatic rings. The number of unbranched alkanes of at least 4 members (excludes halogenated alkanes) is 4. The highest BCUT2D eigenvalue weighted by Crippen LogP contribution is 2.25. The van der Waals surface area contributed by atoms with Crippen molar-refractivity contribution >= 4 is 23.6 Å². The first kappa shape index (κ1) is 17.8. The van der Waals surface area contributed by atoms with Crippen LogP contribution in [0.4, 0.5) is 21.0 Å². The van der Waals surface area contributed by atoms with Crippen molar-refractivity contribution in [2.45, 2.75) is 46.0 Å². The van der Waals surface area contributed by atoms with E-state index in [1.165, 1.54) is 12.8 Å². The quantitative estimate of drug-likeness (QED) is 0.612. The number of hydrogen-bond donors (Lipinski definition) is 3. The average Bonchev–Trinajstić information content (AvgIpc) is 2.46. The molecular weight excluding hydrogens is 284 g/mol. The van der Waals surface area contributed by atoms with E-state index >= 15 is 0 Å². The largest absolute Gasteiger partial charge is 0.465 e. The number of nitrogens with one attached hydrogen (secondary N) is 2. The Morgan fingerprint density at radius 3 is 2.55 bits per heavy atom. The van der Waals surface area contributed by atoms with Gasteiger partial charge >= 0.3 is 12.2 Å². The fourth-order valence-corrected chi connectivity index (χ4v) is 2.06. The molecule has 0 spiro atoms. The number of aryl methyl sites for hydroxylation is 1. The first-order chi connectivity index (χ1) is 10.5. The highest BCUT2D eigenvalue weighted by atomic mass is 16.5. The zero-order valence-corrected chi connectivity index (χ0v) is 13.1. The lowest BCUT2D eigenvalue weighted by molar-refractivity contribution is 0.159. The third-order valence-corrected chi connectivity index (χ3v) is 3.22. The average molecular weight is 308 g/mol. The van der Waals surface area contributed by atoms with Gasteiger partial charge in [0.2, 0.25) is 0 Å². The van der Waals surface area contributed by atoms with Crippen molar-refractivity contribution in [3.63, 3.8) is 0 Å². The second kappa shape index (κ2) is 9.65. The molecule has 1 aromatic carbocycles. The van der Waals surface area contributed by atoms with Gasteiger partial charge in [0.25, 0.3) is 0 Å². The van der Waals surface area contributed by atoms with Crippen molar-refractivity contribution in [1.82, 2.24) is 0 Å². The van der Waals surface area contributed by atoms with Crippen molar-refractivity contribution in [2.24, 2.45) is 0 Å². The van der Waals surface area contributed by atoms with Gasteiger partial charge < -0.3 is 9.84 Å². The lowest BCUT2D eigenvalue weighted by Gasteiger charge is -2.13. The van der Waals surface area contributed by atoms with Gasteiger partial charge in [-0.2, -0.15) is 0 Å². The van der Waals surface area contributed by atoms with Crippen LogP contribution in [0.3, 0.4) is 0 Å². The zero-order valence-electron chi connectivity index (χ0n) is 13.1. The number of carbonyl (C=O) groups excluding carboxylic acids is 1. The number of hydrogen-bond acceptors (Lipinski definition) is 3. The molecule has 0 unspecified atom stereocenters. The van der Waals surface area contributed by atoms with Gasteiger partial charge in [0.1, 0.15) is 0 Å². The smallest absolute Gasteiger partial charge is 0.411 e. The van der Waals surface area contributed by atoms with Gasteiger partial charge in [-0.25, -0.2) is 9.59 Å². The van der Waals surface area contributed by atoms with E-state index in [2.05, 4.69) is 17.6 Å². The van der Waals surface area contributed by atoms with E-state index in [-0.39, 0.29) is 0 Å². The number of rotatable bonds is 8. The lowest BCUT2D eigenvalue weighted by Crippen LogP contribution is -2.17. The van der Waals surface area contributed by atoms with Gasteiger partial charge in [-0.3, -0.25) is 10.6 Å².